The SMILES string of the molecule is O=C(N[C@H]1CN[C@H](c2ccccc2)CN(CC2CC2)C1=O)N1CCC(n2c(-c3ccccc3)c[nH]c2=O)CC1. The smallest absolute Gasteiger partial charge is 0.326 e. The molecule has 2 aromatic carbocycles. The first kappa shape index (κ1) is 25.4. The average molecular weight is 529 g/mol. The molecular weight excluding hydrogens is 492 g/mol. The van der Waals surface area contributed by atoms with Gasteiger partial charge >= 0.3 is 11.7 Å². The fourth-order valence-electron chi connectivity index (χ4n) is 5.88. The second kappa shape index (κ2) is 11.1. The molecule has 6 rings (SSSR count). The number of piperidine rings is 1. The van der Waals surface area contributed by atoms with Crippen molar-refractivity contribution in [3.05, 3.63) is 82.9 Å². The maximum Gasteiger partial charge on any atom is 0.326 e. The van der Waals surface area contributed by atoms with E-state index in [1.165, 1.54) is 0 Å². The Hall–Kier alpha value is -3.85. The van der Waals surface area contributed by atoms with Crippen LogP contribution in [0.5, 0.6) is 0 Å². The highest BCUT2D eigenvalue weighted by Crippen LogP contribution is 2.31. The van der Waals surface area contributed by atoms with Crippen LogP contribution in [0.2, 0.25) is 0 Å². The fourth-order valence-corrected chi connectivity index (χ4v) is 5.88. The number of H-pyrrole nitrogens is 1. The van der Waals surface area contributed by atoms with E-state index in [0.717, 1.165) is 36.2 Å². The Morgan fingerprint density at radius 1 is 0.923 bits per heavy atom. The van der Waals surface area contributed by atoms with Crippen molar-refractivity contribution >= 4 is 11.9 Å². The average Bonchev–Trinajstić information content (AvgIpc) is 3.74. The molecule has 9 heteroatoms. The van der Waals surface area contributed by atoms with E-state index in [-0.39, 0.29) is 29.7 Å². The number of hydrogen-bond donors (Lipinski definition) is 3. The molecule has 3 aromatic rings. The van der Waals surface area contributed by atoms with Gasteiger partial charge in [0, 0.05) is 51.0 Å². The maximum atomic E-state index is 13.5. The Bertz CT molecular complexity index is 1340. The lowest BCUT2D eigenvalue weighted by Gasteiger charge is -2.34. The molecule has 3 amide bonds. The van der Waals surface area contributed by atoms with E-state index in [1.54, 1.807) is 11.1 Å². The van der Waals surface area contributed by atoms with Crippen LogP contribution < -0.4 is 16.3 Å². The van der Waals surface area contributed by atoms with Crippen molar-refractivity contribution in [1.82, 2.24) is 30.0 Å². The zero-order chi connectivity index (χ0) is 26.8. The van der Waals surface area contributed by atoms with Crippen LogP contribution in [-0.4, -0.2) is 70.1 Å². The Morgan fingerprint density at radius 2 is 1.62 bits per heavy atom. The van der Waals surface area contributed by atoms with Gasteiger partial charge in [-0.2, -0.15) is 0 Å². The van der Waals surface area contributed by atoms with E-state index < -0.39 is 6.04 Å². The molecule has 2 atom stereocenters. The maximum absolute atomic E-state index is 13.5. The first-order chi connectivity index (χ1) is 19.1. The molecular formula is C30H36N6O3. The second-order valence-corrected chi connectivity index (χ2v) is 11.0. The predicted molar refractivity (Wildman–Crippen MR) is 149 cm³/mol. The number of likely N-dealkylation sites (tertiary alicyclic amines) is 1. The van der Waals surface area contributed by atoms with Gasteiger partial charge in [0.25, 0.3) is 0 Å². The summed E-state index contributed by atoms with van der Waals surface area (Å²) in [5.41, 5.74) is 2.87. The minimum absolute atomic E-state index is 0.00449. The van der Waals surface area contributed by atoms with Crippen LogP contribution in [0.4, 0.5) is 4.79 Å². The molecule has 3 fully saturated rings. The normalized spacial score (nSPS) is 22.5. The number of rotatable bonds is 6. The summed E-state index contributed by atoms with van der Waals surface area (Å²) in [7, 11) is 0. The van der Waals surface area contributed by atoms with E-state index in [4.69, 9.17) is 0 Å². The number of carbonyl (C=O) groups is 2. The summed E-state index contributed by atoms with van der Waals surface area (Å²) in [5.74, 6) is 0.555. The molecule has 39 heavy (non-hydrogen) atoms. The summed E-state index contributed by atoms with van der Waals surface area (Å²) in [4.78, 5) is 46.1. The van der Waals surface area contributed by atoms with Crippen LogP contribution in [0.15, 0.2) is 71.7 Å². The lowest BCUT2D eigenvalue weighted by molar-refractivity contribution is -0.132. The van der Waals surface area contributed by atoms with E-state index in [2.05, 4.69) is 27.8 Å². The number of urea groups is 1. The standard InChI is InChI=1S/C30H36N6O3/c37-28-25(17-31-26(22-7-3-1-4-8-22)20-35(28)19-21-11-12-21)33-30(39)34-15-13-24(14-16-34)36-27(18-32-29(36)38)23-9-5-2-6-10-23/h1-10,18,21,24-26,31H,11-17,19-20H2,(H,32,38)(H,33,39)/t25-,26-/m0/s1. The van der Waals surface area contributed by atoms with Crippen LogP contribution in [0, 0.1) is 5.92 Å². The van der Waals surface area contributed by atoms with Gasteiger partial charge in [0.1, 0.15) is 6.04 Å². The van der Waals surface area contributed by atoms with Crippen LogP contribution in [0.1, 0.15) is 43.3 Å². The Labute approximate surface area is 228 Å². The summed E-state index contributed by atoms with van der Waals surface area (Å²) >= 11 is 0. The number of carbonyl (C=O) groups excluding carboxylic acids is 2. The van der Waals surface area contributed by atoms with Gasteiger partial charge in [0.15, 0.2) is 0 Å². The highest BCUT2D eigenvalue weighted by molar-refractivity contribution is 5.87. The number of nitrogens with zero attached hydrogens (tertiary/aromatic N) is 3. The third-order valence-corrected chi connectivity index (χ3v) is 8.25. The topological polar surface area (TPSA) is 102 Å². The molecule has 0 spiro atoms. The van der Waals surface area contributed by atoms with Gasteiger partial charge in [-0.15, -0.1) is 0 Å². The number of amides is 3. The Kier molecular flexibility index (Phi) is 7.24. The third kappa shape index (κ3) is 5.63. The van der Waals surface area contributed by atoms with E-state index in [9.17, 15) is 14.4 Å². The minimum atomic E-state index is -0.611. The molecule has 3 N–H and O–H groups in total. The molecule has 0 unspecified atom stereocenters. The van der Waals surface area contributed by atoms with Crippen LogP contribution in [-0.2, 0) is 4.79 Å². The minimum Gasteiger partial charge on any atom is -0.339 e. The highest BCUT2D eigenvalue weighted by atomic mass is 16.2. The van der Waals surface area contributed by atoms with Gasteiger partial charge in [-0.3, -0.25) is 9.36 Å². The molecule has 0 radical (unpaired) electrons. The summed E-state index contributed by atoms with van der Waals surface area (Å²) in [5, 5.41) is 6.56. The van der Waals surface area contributed by atoms with E-state index in [0.29, 0.717) is 44.9 Å². The van der Waals surface area contributed by atoms with Crippen LogP contribution in [0.25, 0.3) is 11.3 Å². The second-order valence-electron chi connectivity index (χ2n) is 11.0. The summed E-state index contributed by atoms with van der Waals surface area (Å²) < 4.78 is 1.82. The third-order valence-electron chi connectivity index (χ3n) is 8.25. The number of aromatic nitrogens is 2. The molecule has 2 saturated heterocycles. The zero-order valence-electron chi connectivity index (χ0n) is 22.1. The van der Waals surface area contributed by atoms with Gasteiger partial charge in [0.2, 0.25) is 5.91 Å². The Morgan fingerprint density at radius 3 is 2.31 bits per heavy atom. The van der Waals surface area contributed by atoms with E-state index >= 15 is 0 Å². The number of aromatic amines is 1. The molecule has 1 saturated carbocycles. The number of imidazole rings is 1. The fraction of sp³-hybridized carbons (Fsp3) is 0.433. The van der Waals surface area contributed by atoms with Crippen LogP contribution in [0.3, 0.4) is 0 Å². The molecule has 204 valence electrons. The number of hydrogen-bond acceptors (Lipinski definition) is 4. The number of benzene rings is 2. The van der Waals surface area contributed by atoms with Crippen molar-refractivity contribution in [2.75, 3.05) is 32.7 Å². The summed E-state index contributed by atoms with van der Waals surface area (Å²) in [6.07, 6.45) is 5.43. The number of nitrogens with one attached hydrogen (secondary N) is 3. The monoisotopic (exact) mass is 528 g/mol. The van der Waals surface area contributed by atoms with Crippen LogP contribution >= 0.6 is 0 Å². The Balaban J connectivity index is 1.10. The molecule has 2 aliphatic heterocycles. The van der Waals surface area contributed by atoms with Crippen molar-refractivity contribution < 1.29 is 9.59 Å². The van der Waals surface area contributed by atoms with Gasteiger partial charge in [-0.05, 0) is 42.7 Å². The first-order valence-electron chi connectivity index (χ1n) is 14.0. The van der Waals surface area contributed by atoms with Crippen molar-refractivity contribution in [3.8, 4) is 11.3 Å². The molecule has 0 bridgehead atoms. The lowest BCUT2D eigenvalue weighted by atomic mass is 10.0. The lowest BCUT2D eigenvalue weighted by Crippen LogP contribution is -2.55. The van der Waals surface area contributed by atoms with Gasteiger partial charge < -0.3 is 25.4 Å². The quantitative estimate of drug-likeness (QED) is 0.458. The van der Waals surface area contributed by atoms with Gasteiger partial charge in [-0.1, -0.05) is 60.7 Å². The van der Waals surface area contributed by atoms with Gasteiger partial charge in [-0.25, -0.2) is 9.59 Å². The molecule has 3 aliphatic rings. The summed E-state index contributed by atoms with van der Waals surface area (Å²) in [6.45, 7) is 2.79. The molecule has 3 heterocycles. The van der Waals surface area contributed by atoms with Gasteiger partial charge in [0.05, 0.1) is 5.69 Å². The predicted octanol–water partition coefficient (Wildman–Crippen LogP) is 3.14. The van der Waals surface area contributed by atoms with E-state index in [1.807, 2.05) is 58.0 Å². The van der Waals surface area contributed by atoms with Crippen molar-refractivity contribution in [1.29, 1.82) is 0 Å². The molecule has 9 nitrogen and oxygen atoms in total. The van der Waals surface area contributed by atoms with Crippen molar-refractivity contribution in [2.24, 2.45) is 5.92 Å². The zero-order valence-corrected chi connectivity index (χ0v) is 22.1. The molecule has 1 aliphatic carbocycles. The summed E-state index contributed by atoms with van der Waals surface area (Å²) in [6, 6.07) is 19.3. The largest absolute Gasteiger partial charge is 0.339 e. The highest BCUT2D eigenvalue weighted by Gasteiger charge is 2.36. The van der Waals surface area contributed by atoms with Crippen molar-refractivity contribution in [2.45, 2.75) is 43.8 Å². The molecule has 1 aromatic heterocycles. The van der Waals surface area contributed by atoms with Crippen molar-refractivity contribution in [3.63, 3.8) is 0 Å². The first-order valence-corrected chi connectivity index (χ1v) is 14.0.